The van der Waals surface area contributed by atoms with Gasteiger partial charge in [0.05, 0.1) is 11.4 Å². The maximum atomic E-state index is 12.9. The van der Waals surface area contributed by atoms with Crippen molar-refractivity contribution in [2.75, 3.05) is 7.05 Å². The van der Waals surface area contributed by atoms with Crippen molar-refractivity contribution in [2.24, 2.45) is 0 Å². The van der Waals surface area contributed by atoms with Crippen LogP contribution in [0, 0.1) is 5.82 Å². The molecular formula is C15H13FN4O3S. The Bertz CT molecular complexity index is 927. The number of benzene rings is 1. The lowest BCUT2D eigenvalue weighted by Gasteiger charge is -2.14. The van der Waals surface area contributed by atoms with Crippen LogP contribution in [-0.4, -0.2) is 34.9 Å². The highest BCUT2D eigenvalue weighted by Crippen LogP contribution is 2.18. The van der Waals surface area contributed by atoms with Crippen molar-refractivity contribution in [3.63, 3.8) is 0 Å². The van der Waals surface area contributed by atoms with Crippen LogP contribution in [0.25, 0.3) is 11.5 Å². The Labute approximate surface area is 137 Å². The maximum Gasteiger partial charge on any atom is 0.243 e. The van der Waals surface area contributed by atoms with Crippen molar-refractivity contribution in [2.45, 2.75) is 11.4 Å². The summed E-state index contributed by atoms with van der Waals surface area (Å²) in [7, 11) is -2.41. The summed E-state index contributed by atoms with van der Waals surface area (Å²) in [5.74, 6) is -0.101. The van der Waals surface area contributed by atoms with E-state index in [1.807, 2.05) is 0 Å². The molecule has 0 aliphatic carbocycles. The number of aromatic nitrogens is 3. The molecule has 2 heterocycles. The minimum Gasteiger partial charge on any atom is -0.337 e. The molecule has 0 spiro atoms. The Morgan fingerprint density at radius 2 is 1.92 bits per heavy atom. The molecule has 7 nitrogen and oxygen atoms in total. The Balaban J connectivity index is 1.78. The van der Waals surface area contributed by atoms with Gasteiger partial charge in [-0.1, -0.05) is 11.2 Å². The fourth-order valence-electron chi connectivity index (χ4n) is 1.98. The van der Waals surface area contributed by atoms with E-state index in [0.717, 1.165) is 16.4 Å². The third kappa shape index (κ3) is 3.31. The number of rotatable bonds is 5. The summed E-state index contributed by atoms with van der Waals surface area (Å²) in [5.41, 5.74) is 0.525. The van der Waals surface area contributed by atoms with Gasteiger partial charge in [0.1, 0.15) is 11.5 Å². The summed E-state index contributed by atoms with van der Waals surface area (Å²) in [6, 6.07) is 9.84. The second-order valence-corrected chi connectivity index (χ2v) is 6.99. The van der Waals surface area contributed by atoms with E-state index < -0.39 is 15.8 Å². The van der Waals surface area contributed by atoms with Gasteiger partial charge in [0, 0.05) is 13.2 Å². The first kappa shape index (κ1) is 16.2. The normalized spacial score (nSPS) is 11.8. The molecule has 0 radical (unpaired) electrons. The highest BCUT2D eigenvalue weighted by molar-refractivity contribution is 7.89. The largest absolute Gasteiger partial charge is 0.337 e. The first-order chi connectivity index (χ1) is 11.5. The lowest BCUT2D eigenvalue weighted by Crippen LogP contribution is -2.26. The Morgan fingerprint density at radius 1 is 1.17 bits per heavy atom. The van der Waals surface area contributed by atoms with Crippen molar-refractivity contribution in [1.82, 2.24) is 19.4 Å². The minimum absolute atomic E-state index is 0.0177. The second-order valence-electron chi connectivity index (χ2n) is 4.94. The van der Waals surface area contributed by atoms with Gasteiger partial charge in [-0.2, -0.15) is 9.29 Å². The zero-order valence-corrected chi connectivity index (χ0v) is 13.4. The van der Waals surface area contributed by atoms with Crippen molar-refractivity contribution >= 4 is 10.0 Å². The molecule has 0 bridgehead atoms. The van der Waals surface area contributed by atoms with E-state index in [0.29, 0.717) is 5.69 Å². The molecule has 0 aliphatic heterocycles. The van der Waals surface area contributed by atoms with Crippen LogP contribution >= 0.6 is 0 Å². The molecule has 0 fully saturated rings. The molecule has 0 saturated carbocycles. The highest BCUT2D eigenvalue weighted by Gasteiger charge is 2.23. The van der Waals surface area contributed by atoms with E-state index in [1.54, 1.807) is 24.4 Å². The smallest absolute Gasteiger partial charge is 0.243 e. The van der Waals surface area contributed by atoms with Gasteiger partial charge in [-0.05, 0) is 36.4 Å². The van der Waals surface area contributed by atoms with Crippen LogP contribution in [0.5, 0.6) is 0 Å². The zero-order chi connectivity index (χ0) is 17.2. The maximum absolute atomic E-state index is 12.9. The molecule has 0 saturated heterocycles. The van der Waals surface area contributed by atoms with Gasteiger partial charge in [-0.3, -0.25) is 4.98 Å². The number of pyridine rings is 1. The molecule has 9 heteroatoms. The quantitative estimate of drug-likeness (QED) is 0.701. The van der Waals surface area contributed by atoms with Crippen molar-refractivity contribution < 1.29 is 17.3 Å². The molecule has 24 heavy (non-hydrogen) atoms. The number of hydrogen-bond acceptors (Lipinski definition) is 6. The van der Waals surface area contributed by atoms with E-state index in [2.05, 4.69) is 15.1 Å². The van der Waals surface area contributed by atoms with Crippen LogP contribution < -0.4 is 0 Å². The Kier molecular flexibility index (Phi) is 4.36. The lowest BCUT2D eigenvalue weighted by molar-refractivity contribution is 0.336. The van der Waals surface area contributed by atoms with Crippen LogP contribution in [0.1, 0.15) is 5.89 Å². The molecule has 124 valence electrons. The van der Waals surface area contributed by atoms with Crippen molar-refractivity contribution in [3.05, 3.63) is 60.4 Å². The van der Waals surface area contributed by atoms with Gasteiger partial charge >= 0.3 is 0 Å². The summed E-state index contributed by atoms with van der Waals surface area (Å²) < 4.78 is 43.9. The molecule has 0 unspecified atom stereocenters. The molecule has 0 aliphatic rings. The topological polar surface area (TPSA) is 89.2 Å². The van der Waals surface area contributed by atoms with E-state index in [4.69, 9.17) is 4.52 Å². The molecule has 3 aromatic rings. The lowest BCUT2D eigenvalue weighted by atomic mass is 10.3. The number of nitrogens with zero attached hydrogens (tertiary/aromatic N) is 4. The summed E-state index contributed by atoms with van der Waals surface area (Å²) in [4.78, 5) is 8.21. The molecule has 0 atom stereocenters. The fourth-order valence-corrected chi connectivity index (χ4v) is 3.10. The first-order valence-corrected chi connectivity index (χ1v) is 8.37. The van der Waals surface area contributed by atoms with Gasteiger partial charge in [-0.25, -0.2) is 12.8 Å². The summed E-state index contributed by atoms with van der Waals surface area (Å²) in [6.07, 6.45) is 1.59. The van der Waals surface area contributed by atoms with E-state index in [1.165, 1.54) is 19.2 Å². The van der Waals surface area contributed by atoms with Gasteiger partial charge < -0.3 is 4.52 Å². The van der Waals surface area contributed by atoms with Crippen LogP contribution in [-0.2, 0) is 16.6 Å². The Morgan fingerprint density at radius 3 is 2.58 bits per heavy atom. The van der Waals surface area contributed by atoms with E-state index in [9.17, 15) is 12.8 Å². The average Bonchev–Trinajstić information content (AvgIpc) is 3.04. The first-order valence-electron chi connectivity index (χ1n) is 6.93. The molecule has 0 amide bonds. The predicted molar refractivity (Wildman–Crippen MR) is 82.6 cm³/mol. The molecule has 0 N–H and O–H groups in total. The van der Waals surface area contributed by atoms with Crippen LogP contribution in [0.2, 0.25) is 0 Å². The standard InChI is InChI=1S/C15H13FN4O3S/c1-20(24(21,22)12-7-5-11(16)6-8-12)10-14-18-15(19-23-14)13-4-2-3-9-17-13/h2-9H,10H2,1H3. The van der Waals surface area contributed by atoms with Gasteiger partial charge in [0.2, 0.25) is 21.7 Å². The minimum atomic E-state index is -3.79. The number of hydrogen-bond donors (Lipinski definition) is 0. The molecular weight excluding hydrogens is 335 g/mol. The van der Waals surface area contributed by atoms with Crippen LogP contribution in [0.3, 0.4) is 0 Å². The van der Waals surface area contributed by atoms with E-state index in [-0.39, 0.29) is 23.2 Å². The van der Waals surface area contributed by atoms with Gasteiger partial charge in [0.25, 0.3) is 0 Å². The summed E-state index contributed by atoms with van der Waals surface area (Å²) in [5, 5.41) is 3.79. The molecule has 3 rings (SSSR count). The number of halogens is 1. The summed E-state index contributed by atoms with van der Waals surface area (Å²) >= 11 is 0. The van der Waals surface area contributed by atoms with Crippen molar-refractivity contribution in [1.29, 1.82) is 0 Å². The molecule has 1 aromatic carbocycles. The summed E-state index contributed by atoms with van der Waals surface area (Å²) in [6.45, 7) is -0.112. The highest BCUT2D eigenvalue weighted by atomic mass is 32.2. The average molecular weight is 348 g/mol. The number of sulfonamides is 1. The SMILES string of the molecule is CN(Cc1nc(-c2ccccn2)no1)S(=O)(=O)c1ccc(F)cc1. The van der Waals surface area contributed by atoms with E-state index >= 15 is 0 Å². The predicted octanol–water partition coefficient (Wildman–Crippen LogP) is 2.09. The third-order valence-electron chi connectivity index (χ3n) is 3.24. The zero-order valence-electron chi connectivity index (χ0n) is 12.6. The monoisotopic (exact) mass is 348 g/mol. The Hall–Kier alpha value is -2.65. The van der Waals surface area contributed by atoms with Crippen LogP contribution in [0.15, 0.2) is 58.1 Å². The van der Waals surface area contributed by atoms with Gasteiger partial charge in [0.15, 0.2) is 0 Å². The fraction of sp³-hybridized carbons (Fsp3) is 0.133. The van der Waals surface area contributed by atoms with Crippen LogP contribution in [0.4, 0.5) is 4.39 Å². The third-order valence-corrected chi connectivity index (χ3v) is 5.06. The van der Waals surface area contributed by atoms with Gasteiger partial charge in [-0.15, -0.1) is 0 Å². The van der Waals surface area contributed by atoms with Crippen molar-refractivity contribution in [3.8, 4) is 11.5 Å². The molecule has 2 aromatic heterocycles. The second kappa shape index (κ2) is 6.46.